The molecule has 9 nitrogen and oxygen atoms in total. The van der Waals surface area contributed by atoms with Crippen molar-refractivity contribution in [3.63, 3.8) is 0 Å². The molecule has 0 unspecified atom stereocenters. The Balaban J connectivity index is 4.18. The van der Waals surface area contributed by atoms with Crippen LogP contribution in [0.2, 0.25) is 0 Å². The van der Waals surface area contributed by atoms with E-state index in [0.29, 0.717) is 0 Å². The van der Waals surface area contributed by atoms with Crippen LogP contribution in [0.3, 0.4) is 0 Å². The van der Waals surface area contributed by atoms with Gasteiger partial charge in [-0.15, -0.1) is 0 Å². The van der Waals surface area contributed by atoms with Gasteiger partial charge in [-0.3, -0.25) is 9.59 Å². The molecule has 0 aliphatic rings. The SMILES string of the molecule is COC(=O)CC[C@H](NC(=O)NCC(N)=O)C(=O)O. The third-order valence-corrected chi connectivity index (χ3v) is 1.89. The molecule has 0 bridgehead atoms. The van der Waals surface area contributed by atoms with E-state index in [1.807, 2.05) is 0 Å². The van der Waals surface area contributed by atoms with E-state index >= 15 is 0 Å². The van der Waals surface area contributed by atoms with Gasteiger partial charge in [0.25, 0.3) is 0 Å². The number of nitrogens with one attached hydrogen (secondary N) is 2. The van der Waals surface area contributed by atoms with Gasteiger partial charge in [-0.25, -0.2) is 9.59 Å². The molecule has 0 aliphatic carbocycles. The quantitative estimate of drug-likeness (QED) is 0.396. The second kappa shape index (κ2) is 7.87. The first-order chi connectivity index (χ1) is 8.36. The first-order valence-corrected chi connectivity index (χ1v) is 4.99. The highest BCUT2D eigenvalue weighted by Crippen LogP contribution is 1.99. The molecule has 0 radical (unpaired) electrons. The summed E-state index contributed by atoms with van der Waals surface area (Å²) in [5, 5.41) is 12.9. The van der Waals surface area contributed by atoms with E-state index < -0.39 is 36.5 Å². The molecule has 0 saturated carbocycles. The summed E-state index contributed by atoms with van der Waals surface area (Å²) < 4.78 is 4.34. The minimum Gasteiger partial charge on any atom is -0.480 e. The van der Waals surface area contributed by atoms with Crippen molar-refractivity contribution in [3.8, 4) is 0 Å². The highest BCUT2D eigenvalue weighted by molar-refractivity contribution is 5.86. The minimum atomic E-state index is -1.30. The average Bonchev–Trinajstić information content (AvgIpc) is 2.30. The van der Waals surface area contributed by atoms with Crippen molar-refractivity contribution in [1.29, 1.82) is 0 Å². The summed E-state index contributed by atoms with van der Waals surface area (Å²) in [7, 11) is 1.17. The highest BCUT2D eigenvalue weighted by Gasteiger charge is 2.21. The second-order valence-corrected chi connectivity index (χ2v) is 3.30. The third-order valence-electron chi connectivity index (χ3n) is 1.89. The fourth-order valence-electron chi connectivity index (χ4n) is 0.998. The zero-order valence-corrected chi connectivity index (χ0v) is 9.76. The zero-order valence-electron chi connectivity index (χ0n) is 9.76. The van der Waals surface area contributed by atoms with Crippen molar-refractivity contribution >= 4 is 23.9 Å². The summed E-state index contributed by atoms with van der Waals surface area (Å²) in [4.78, 5) is 43.2. The number of ether oxygens (including phenoxy) is 1. The molecule has 0 aliphatic heterocycles. The smallest absolute Gasteiger partial charge is 0.326 e. The lowest BCUT2D eigenvalue weighted by Gasteiger charge is -2.14. The number of methoxy groups -OCH3 is 1. The average molecular weight is 261 g/mol. The van der Waals surface area contributed by atoms with Gasteiger partial charge in [0.2, 0.25) is 5.91 Å². The Labute approximate surface area is 103 Å². The molecule has 3 amide bonds. The molecule has 1 atom stereocenters. The Kier molecular flexibility index (Phi) is 6.86. The number of nitrogens with two attached hydrogens (primary N) is 1. The number of hydrogen-bond donors (Lipinski definition) is 4. The lowest BCUT2D eigenvalue weighted by Crippen LogP contribution is -2.48. The Morgan fingerprint density at radius 2 is 1.94 bits per heavy atom. The lowest BCUT2D eigenvalue weighted by molar-refractivity contribution is -0.142. The fraction of sp³-hybridized carbons (Fsp3) is 0.556. The van der Waals surface area contributed by atoms with Crippen molar-refractivity contribution in [3.05, 3.63) is 0 Å². The largest absolute Gasteiger partial charge is 0.480 e. The van der Waals surface area contributed by atoms with Gasteiger partial charge in [0.1, 0.15) is 6.04 Å². The molecule has 0 aromatic carbocycles. The molecule has 9 heteroatoms. The number of esters is 1. The van der Waals surface area contributed by atoms with Gasteiger partial charge in [0.05, 0.1) is 13.7 Å². The monoisotopic (exact) mass is 261 g/mol. The lowest BCUT2D eigenvalue weighted by atomic mass is 10.1. The molecule has 5 N–H and O–H groups in total. The van der Waals surface area contributed by atoms with Crippen molar-refractivity contribution in [2.45, 2.75) is 18.9 Å². The first kappa shape index (κ1) is 15.7. The number of carbonyl (C=O) groups excluding carboxylic acids is 3. The van der Waals surface area contributed by atoms with Gasteiger partial charge < -0.3 is 26.2 Å². The number of carbonyl (C=O) groups is 4. The van der Waals surface area contributed by atoms with Crippen molar-refractivity contribution in [1.82, 2.24) is 10.6 Å². The van der Waals surface area contributed by atoms with Gasteiger partial charge >= 0.3 is 18.0 Å². The molecule has 0 spiro atoms. The maximum absolute atomic E-state index is 11.2. The van der Waals surface area contributed by atoms with Crippen LogP contribution >= 0.6 is 0 Å². The molecule has 102 valence electrons. The van der Waals surface area contributed by atoms with E-state index in [4.69, 9.17) is 10.8 Å². The number of carboxylic acids is 1. The van der Waals surface area contributed by atoms with Crippen LogP contribution in [-0.4, -0.2) is 48.7 Å². The van der Waals surface area contributed by atoms with Gasteiger partial charge in [-0.05, 0) is 6.42 Å². The summed E-state index contributed by atoms with van der Waals surface area (Å²) >= 11 is 0. The first-order valence-electron chi connectivity index (χ1n) is 4.99. The van der Waals surface area contributed by atoms with Crippen molar-refractivity contribution < 1.29 is 29.0 Å². The van der Waals surface area contributed by atoms with Gasteiger partial charge in [-0.1, -0.05) is 0 Å². The van der Waals surface area contributed by atoms with Crippen LogP contribution in [-0.2, 0) is 19.1 Å². The maximum Gasteiger partial charge on any atom is 0.326 e. The molecule has 0 fully saturated rings. The molecule has 0 aromatic heterocycles. The van der Waals surface area contributed by atoms with E-state index in [0.717, 1.165) is 0 Å². The molecule has 18 heavy (non-hydrogen) atoms. The third kappa shape index (κ3) is 7.04. The highest BCUT2D eigenvalue weighted by atomic mass is 16.5. The van der Waals surface area contributed by atoms with Crippen LogP contribution in [0.25, 0.3) is 0 Å². The van der Waals surface area contributed by atoms with Crippen LogP contribution in [0.5, 0.6) is 0 Å². The number of hydrogen-bond acceptors (Lipinski definition) is 5. The van der Waals surface area contributed by atoms with E-state index in [9.17, 15) is 19.2 Å². The Morgan fingerprint density at radius 1 is 1.33 bits per heavy atom. The fourth-order valence-corrected chi connectivity index (χ4v) is 0.998. The summed E-state index contributed by atoms with van der Waals surface area (Å²) in [5.41, 5.74) is 4.79. The maximum atomic E-state index is 11.2. The summed E-state index contributed by atoms with van der Waals surface area (Å²) in [6, 6.07) is -2.11. The van der Waals surface area contributed by atoms with E-state index in [-0.39, 0.29) is 12.8 Å². The molecule has 0 saturated heterocycles. The summed E-state index contributed by atoms with van der Waals surface area (Å²) in [6.45, 7) is -0.408. The number of aliphatic carboxylic acids is 1. The van der Waals surface area contributed by atoms with Gasteiger partial charge in [-0.2, -0.15) is 0 Å². The summed E-state index contributed by atoms with van der Waals surface area (Å²) in [6.07, 6.45) is -0.268. The number of amides is 3. The molecular weight excluding hydrogens is 246 g/mol. The van der Waals surface area contributed by atoms with Crippen molar-refractivity contribution in [2.75, 3.05) is 13.7 Å². The summed E-state index contributed by atoms with van der Waals surface area (Å²) in [5.74, 6) is -2.64. The van der Waals surface area contributed by atoms with E-state index in [2.05, 4.69) is 15.4 Å². The van der Waals surface area contributed by atoms with Gasteiger partial charge in [0.15, 0.2) is 0 Å². The minimum absolute atomic E-state index is 0.119. The Bertz CT molecular complexity index is 343. The Morgan fingerprint density at radius 3 is 2.39 bits per heavy atom. The van der Waals surface area contributed by atoms with Crippen LogP contribution < -0.4 is 16.4 Å². The predicted octanol–water partition coefficient (Wildman–Crippen LogP) is -1.82. The molecular formula is C9H15N3O6. The second-order valence-electron chi connectivity index (χ2n) is 3.30. The zero-order chi connectivity index (χ0) is 14.1. The number of carboxylic acid groups (broad SMARTS) is 1. The standard InChI is InChI=1S/C9H15N3O6/c1-18-7(14)3-2-5(8(15)16)12-9(17)11-4-6(10)13/h5H,2-4H2,1H3,(H2,10,13)(H,15,16)(H2,11,12,17)/t5-/m0/s1. The van der Waals surface area contributed by atoms with Crippen LogP contribution in [0.15, 0.2) is 0 Å². The van der Waals surface area contributed by atoms with E-state index in [1.54, 1.807) is 0 Å². The normalized spacial score (nSPS) is 11.2. The van der Waals surface area contributed by atoms with Gasteiger partial charge in [0, 0.05) is 6.42 Å². The topological polar surface area (TPSA) is 148 Å². The van der Waals surface area contributed by atoms with Crippen LogP contribution in [0, 0.1) is 0 Å². The predicted molar refractivity (Wildman–Crippen MR) is 58.4 cm³/mol. The van der Waals surface area contributed by atoms with Crippen LogP contribution in [0.1, 0.15) is 12.8 Å². The Hall–Kier alpha value is -2.32. The number of urea groups is 1. The van der Waals surface area contributed by atoms with E-state index in [1.165, 1.54) is 7.11 Å². The molecule has 0 aromatic rings. The van der Waals surface area contributed by atoms with Crippen LogP contribution in [0.4, 0.5) is 4.79 Å². The van der Waals surface area contributed by atoms with Crippen molar-refractivity contribution in [2.24, 2.45) is 5.73 Å². The number of primary amides is 1. The number of rotatable bonds is 7. The molecule has 0 heterocycles. The molecule has 0 rings (SSSR count).